The van der Waals surface area contributed by atoms with E-state index in [1.54, 1.807) is 0 Å². The second-order valence-corrected chi connectivity index (χ2v) is 46.1. The van der Waals surface area contributed by atoms with E-state index in [0.717, 1.165) is 0 Å². The summed E-state index contributed by atoms with van der Waals surface area (Å²) in [6, 6.07) is 0. The van der Waals surface area contributed by atoms with Crippen LogP contribution in [0.4, 0.5) is 4.79 Å². The summed E-state index contributed by atoms with van der Waals surface area (Å²) in [5.41, 5.74) is 3.53. The van der Waals surface area contributed by atoms with Crippen LogP contribution in [0.3, 0.4) is 0 Å². The Morgan fingerprint density at radius 2 is 1.13 bits per heavy atom. The highest BCUT2D eigenvalue weighted by atomic mass is 28.4. The van der Waals surface area contributed by atoms with Crippen LogP contribution in [0.5, 0.6) is 0 Å². The summed E-state index contributed by atoms with van der Waals surface area (Å²) in [6.07, 6.45) is 1.57. The minimum atomic E-state index is -2.26. The molecule has 1 fully saturated rings. The maximum atomic E-state index is 13.1. The molecular weight excluding hydrogens is 733 g/mol. The zero-order valence-corrected chi connectivity index (χ0v) is 43.1. The predicted molar refractivity (Wildman–Crippen MR) is 234 cm³/mol. The summed E-state index contributed by atoms with van der Waals surface area (Å²) in [4.78, 5) is 13.1. The van der Waals surface area contributed by atoms with Crippen LogP contribution >= 0.6 is 0 Å². The fourth-order valence-corrected chi connectivity index (χ4v) is 9.92. The summed E-state index contributed by atoms with van der Waals surface area (Å²) in [5, 5.41) is 0.107. The van der Waals surface area contributed by atoms with Crippen molar-refractivity contribution in [1.29, 1.82) is 0 Å². The van der Waals surface area contributed by atoms with Gasteiger partial charge in [-0.2, -0.15) is 0 Å². The summed E-state index contributed by atoms with van der Waals surface area (Å²) < 4.78 is 39.6. The molecular formula is C40H82O7Si5. The number of ether oxygens (including phenoxy) is 2. The van der Waals surface area contributed by atoms with Gasteiger partial charge in [-0.3, -0.25) is 0 Å². The highest BCUT2D eigenvalue weighted by Gasteiger charge is 2.45. The van der Waals surface area contributed by atoms with Crippen LogP contribution in [-0.4, -0.2) is 78.5 Å². The van der Waals surface area contributed by atoms with Gasteiger partial charge >= 0.3 is 6.16 Å². The molecule has 0 aromatic carbocycles. The lowest BCUT2D eigenvalue weighted by Crippen LogP contribution is -2.50. The number of hydrogen-bond donors (Lipinski definition) is 0. The van der Waals surface area contributed by atoms with Crippen molar-refractivity contribution < 1.29 is 32.0 Å². The first-order chi connectivity index (χ1) is 22.8. The zero-order chi connectivity index (χ0) is 41.2. The maximum Gasteiger partial charge on any atom is 0.513 e. The number of carbonyl (C=O) groups is 1. The molecule has 4 atom stereocenters. The largest absolute Gasteiger partial charge is 0.513 e. The smallest absolute Gasteiger partial charge is 0.430 e. The van der Waals surface area contributed by atoms with Gasteiger partial charge in [-0.25, -0.2) is 4.79 Å². The van der Waals surface area contributed by atoms with Crippen molar-refractivity contribution in [2.24, 2.45) is 0 Å². The molecule has 1 aliphatic heterocycles. The van der Waals surface area contributed by atoms with E-state index in [4.69, 9.17) is 27.2 Å². The summed E-state index contributed by atoms with van der Waals surface area (Å²) in [7, 11) is -10.3. The van der Waals surface area contributed by atoms with Crippen molar-refractivity contribution in [3.8, 4) is 11.5 Å². The van der Waals surface area contributed by atoms with Crippen molar-refractivity contribution in [1.82, 2.24) is 0 Å². The third kappa shape index (κ3) is 15.6. The molecule has 7 nitrogen and oxygen atoms in total. The van der Waals surface area contributed by atoms with Crippen LogP contribution in [-0.2, 0) is 27.2 Å². The number of cyclic esters (lactones) is 2. The first-order valence-electron chi connectivity index (χ1n) is 19.6. The Morgan fingerprint density at radius 1 is 0.692 bits per heavy atom. The van der Waals surface area contributed by atoms with E-state index < -0.39 is 53.6 Å². The third-order valence-corrected chi connectivity index (χ3v) is 31.0. The lowest BCUT2D eigenvalue weighted by molar-refractivity contribution is -0.00865. The summed E-state index contributed by atoms with van der Waals surface area (Å²) in [5.74, 6) is 4.05. The first kappa shape index (κ1) is 49.5. The van der Waals surface area contributed by atoms with Crippen molar-refractivity contribution in [2.75, 3.05) is 6.61 Å². The van der Waals surface area contributed by atoms with Gasteiger partial charge in [0.2, 0.25) is 0 Å². The Balaban J connectivity index is 3.65. The fourth-order valence-electron chi connectivity index (χ4n) is 4.45. The fraction of sp³-hybridized carbons (Fsp3) is 0.875. The molecule has 0 aliphatic carbocycles. The van der Waals surface area contributed by atoms with E-state index in [-0.39, 0.29) is 38.5 Å². The molecule has 1 heterocycles. The Labute approximate surface area is 327 Å². The molecule has 0 saturated carbocycles. The molecule has 52 heavy (non-hydrogen) atoms. The van der Waals surface area contributed by atoms with Crippen molar-refractivity contribution in [2.45, 2.75) is 219 Å². The van der Waals surface area contributed by atoms with E-state index in [9.17, 15) is 4.79 Å². The van der Waals surface area contributed by atoms with Gasteiger partial charge in [0, 0.05) is 19.3 Å². The SMILES string of the molecule is CC(C)(C)[Si](C)(C)OCC(CC(/C=C1/CC(CC(C#C[Si](C)(C)C)O[Si](C)(C)C(C)(C)C)OC(=O)O1)O[Si](C)(C)C(C)(C)C)O[Si](C)(C)C(C)(C)C. The van der Waals surface area contributed by atoms with Gasteiger partial charge in [-0.05, 0) is 78.6 Å². The molecule has 0 aromatic rings. The molecule has 0 bridgehead atoms. The molecule has 0 radical (unpaired) electrons. The van der Waals surface area contributed by atoms with Gasteiger partial charge in [-0.1, -0.05) is 109 Å². The highest BCUT2D eigenvalue weighted by molar-refractivity contribution is 6.84. The molecule has 0 N–H and O–H groups in total. The Bertz CT molecular complexity index is 1280. The summed E-state index contributed by atoms with van der Waals surface area (Å²) in [6.45, 7) is 52.5. The molecule has 4 unspecified atom stereocenters. The van der Waals surface area contributed by atoms with Crippen molar-refractivity contribution in [3.63, 3.8) is 0 Å². The lowest BCUT2D eigenvalue weighted by atomic mass is 10.0. The van der Waals surface area contributed by atoms with Gasteiger partial charge in [-0.15, -0.1) is 5.54 Å². The first-order valence-corrected chi connectivity index (χ1v) is 34.7. The zero-order valence-electron chi connectivity index (χ0n) is 38.1. The van der Waals surface area contributed by atoms with Crippen LogP contribution in [0.25, 0.3) is 0 Å². The van der Waals surface area contributed by atoms with E-state index >= 15 is 0 Å². The molecule has 12 heteroatoms. The molecule has 1 rings (SSSR count). The molecule has 1 aliphatic rings. The van der Waals surface area contributed by atoms with Gasteiger partial charge in [0.1, 0.15) is 26.0 Å². The lowest BCUT2D eigenvalue weighted by Gasteiger charge is -2.43. The third-order valence-electron chi connectivity index (χ3n) is 12.1. The predicted octanol–water partition coefficient (Wildman–Crippen LogP) is 12.6. The van der Waals surface area contributed by atoms with Crippen molar-refractivity contribution >= 4 is 47.5 Å². The minimum Gasteiger partial charge on any atom is -0.430 e. The normalized spacial score (nSPS) is 20.1. The highest BCUT2D eigenvalue weighted by Crippen LogP contribution is 2.42. The van der Waals surface area contributed by atoms with Crippen LogP contribution < -0.4 is 0 Å². The average Bonchev–Trinajstić information content (AvgIpc) is 2.86. The van der Waals surface area contributed by atoms with Crippen molar-refractivity contribution in [3.05, 3.63) is 11.8 Å². The van der Waals surface area contributed by atoms with Crippen LogP contribution in [0.2, 0.25) is 92.2 Å². The Kier molecular flexibility index (Phi) is 16.5. The molecule has 304 valence electrons. The second kappa shape index (κ2) is 17.3. The van der Waals surface area contributed by atoms with Gasteiger partial charge in [0.05, 0.1) is 18.8 Å². The molecule has 0 spiro atoms. The molecule has 1 saturated heterocycles. The quantitative estimate of drug-likeness (QED) is 0.0982. The standard InChI is InChI=1S/C40H82O7Si5/c1-37(2,3)49(16,17)42-30-35(47-52(22,23)40(10,11)12)29-34(46-51(20,21)39(7,8)9)28-33-27-32(43-36(41)44-33)26-31(24-25-48(13,14)15)45-50(18,19)38(4,5)6/h28,31-32,34-35H,26-27,29-30H2,1-23H3/b33-28-. The molecule has 0 aromatic heterocycles. The average molecular weight is 816 g/mol. The van der Waals surface area contributed by atoms with E-state index in [0.29, 0.717) is 31.6 Å². The van der Waals surface area contributed by atoms with E-state index in [1.165, 1.54) is 0 Å². The van der Waals surface area contributed by atoms with E-state index in [1.807, 2.05) is 6.08 Å². The van der Waals surface area contributed by atoms with Crippen LogP contribution in [0, 0.1) is 11.5 Å². The monoisotopic (exact) mass is 814 g/mol. The van der Waals surface area contributed by atoms with Gasteiger partial charge in [0.15, 0.2) is 33.3 Å². The Morgan fingerprint density at radius 3 is 1.58 bits per heavy atom. The van der Waals surface area contributed by atoms with Crippen LogP contribution in [0.15, 0.2) is 11.8 Å². The number of carbonyl (C=O) groups excluding carboxylic acids is 1. The number of rotatable bonds is 14. The van der Waals surface area contributed by atoms with E-state index in [2.05, 4.69) is 167 Å². The number of hydrogen-bond acceptors (Lipinski definition) is 7. The molecule has 0 amide bonds. The summed E-state index contributed by atoms with van der Waals surface area (Å²) >= 11 is 0. The Hall–Kier alpha value is -0.506. The van der Waals surface area contributed by atoms with Crippen LogP contribution in [0.1, 0.15) is 102 Å². The second-order valence-electron chi connectivity index (χ2n) is 22.3. The van der Waals surface area contributed by atoms with Gasteiger partial charge < -0.3 is 27.2 Å². The van der Waals surface area contributed by atoms with Gasteiger partial charge in [0.25, 0.3) is 0 Å². The topological polar surface area (TPSA) is 72.5 Å². The maximum absolute atomic E-state index is 13.1. The minimum absolute atomic E-state index is 0.0184.